The molecule has 3 nitrogen and oxygen atoms in total. The van der Waals surface area contributed by atoms with E-state index in [1.165, 1.54) is 43.5 Å². The zero-order valence-electron chi connectivity index (χ0n) is 23.9. The van der Waals surface area contributed by atoms with Gasteiger partial charge in [0.1, 0.15) is 0 Å². The van der Waals surface area contributed by atoms with E-state index in [9.17, 15) is 0 Å². The summed E-state index contributed by atoms with van der Waals surface area (Å²) in [7, 11) is 0. The Balaban J connectivity index is 1.42. The van der Waals surface area contributed by atoms with Gasteiger partial charge in [0.15, 0.2) is 0 Å². The molecule has 0 N–H and O–H groups in total. The van der Waals surface area contributed by atoms with Crippen molar-refractivity contribution in [2.75, 3.05) is 0 Å². The van der Waals surface area contributed by atoms with Crippen molar-refractivity contribution < 1.29 is 0 Å². The molecule has 0 aliphatic carbocycles. The number of rotatable bonds is 4. The molecule has 0 bridgehead atoms. The normalized spacial score (nSPS) is 11.6. The molecule has 9 aromatic rings. The maximum Gasteiger partial charge on any atom is 0.0730 e. The van der Waals surface area contributed by atoms with Crippen molar-refractivity contribution in [3.63, 3.8) is 0 Å². The van der Waals surface area contributed by atoms with Crippen LogP contribution in [-0.2, 0) is 0 Å². The van der Waals surface area contributed by atoms with Gasteiger partial charge in [0, 0.05) is 44.6 Å². The molecule has 3 heterocycles. The predicted molar refractivity (Wildman–Crippen MR) is 184 cm³/mol. The standard InChI is InChI=1S/C41H27N3/c1-4-12-28(13-5-1)36-26-32(27-37(42-36)29-14-6-2-7-15-29)44-39-19-11-10-18-33(39)34-22-20-30-21-23-38-35(40(30)41(34)44)24-25-43(38)31-16-8-3-9-17-31/h1-27H. The van der Waals surface area contributed by atoms with E-state index in [4.69, 9.17) is 4.98 Å². The van der Waals surface area contributed by atoms with Crippen molar-refractivity contribution in [2.45, 2.75) is 0 Å². The number of para-hydroxylation sites is 2. The van der Waals surface area contributed by atoms with Gasteiger partial charge in [-0.2, -0.15) is 0 Å². The summed E-state index contributed by atoms with van der Waals surface area (Å²) < 4.78 is 4.74. The molecule has 0 spiro atoms. The van der Waals surface area contributed by atoms with E-state index in [1.54, 1.807) is 0 Å². The summed E-state index contributed by atoms with van der Waals surface area (Å²) in [6.07, 6.45) is 2.19. The van der Waals surface area contributed by atoms with Gasteiger partial charge in [0.25, 0.3) is 0 Å². The van der Waals surface area contributed by atoms with E-state index in [1.807, 2.05) is 0 Å². The first-order valence-corrected chi connectivity index (χ1v) is 15.0. The fourth-order valence-corrected chi connectivity index (χ4v) is 6.73. The Hall–Kier alpha value is -5.93. The minimum atomic E-state index is 0.952. The lowest BCUT2D eigenvalue weighted by molar-refractivity contribution is 1.13. The van der Waals surface area contributed by atoms with Crippen LogP contribution in [0.15, 0.2) is 164 Å². The Labute approximate surface area is 254 Å². The largest absolute Gasteiger partial charge is 0.317 e. The van der Waals surface area contributed by atoms with Gasteiger partial charge in [-0.15, -0.1) is 0 Å². The maximum atomic E-state index is 5.18. The summed E-state index contributed by atoms with van der Waals surface area (Å²) in [6, 6.07) is 56.1. The highest BCUT2D eigenvalue weighted by Crippen LogP contribution is 2.41. The molecule has 3 aromatic heterocycles. The first kappa shape index (κ1) is 24.6. The highest BCUT2D eigenvalue weighted by atomic mass is 15.0. The SMILES string of the molecule is c1ccc(-c2cc(-n3c4ccccc4c4ccc5ccc6c(ccn6-c6ccccc6)c5c43)cc(-c3ccccc3)n2)cc1. The third-order valence-corrected chi connectivity index (χ3v) is 8.73. The zero-order valence-corrected chi connectivity index (χ0v) is 23.9. The predicted octanol–water partition coefficient (Wildman–Crippen LogP) is 10.6. The molecule has 6 aromatic carbocycles. The number of nitrogens with zero attached hydrogens (tertiary/aromatic N) is 3. The highest BCUT2D eigenvalue weighted by molar-refractivity contribution is 6.25. The van der Waals surface area contributed by atoms with Gasteiger partial charge in [0.05, 0.1) is 33.6 Å². The Morgan fingerprint density at radius 3 is 1.75 bits per heavy atom. The van der Waals surface area contributed by atoms with Crippen molar-refractivity contribution in [3.8, 4) is 33.9 Å². The Bertz CT molecular complexity index is 2410. The lowest BCUT2D eigenvalue weighted by atomic mass is 10.0. The molecule has 0 aliphatic rings. The first-order chi connectivity index (χ1) is 21.8. The van der Waals surface area contributed by atoms with Crippen LogP contribution >= 0.6 is 0 Å². The number of hydrogen-bond donors (Lipinski definition) is 0. The average Bonchev–Trinajstić information content (AvgIpc) is 3.69. The first-order valence-electron chi connectivity index (χ1n) is 15.0. The summed E-state index contributed by atoms with van der Waals surface area (Å²) in [5, 5.41) is 6.20. The minimum Gasteiger partial charge on any atom is -0.317 e. The van der Waals surface area contributed by atoms with Crippen LogP contribution in [-0.4, -0.2) is 14.1 Å². The highest BCUT2D eigenvalue weighted by Gasteiger charge is 2.19. The number of aromatic nitrogens is 3. The van der Waals surface area contributed by atoms with Crippen LogP contribution in [0.2, 0.25) is 0 Å². The minimum absolute atomic E-state index is 0.952. The second-order valence-corrected chi connectivity index (χ2v) is 11.3. The Morgan fingerprint density at radius 1 is 0.432 bits per heavy atom. The molecule has 0 fully saturated rings. The van der Waals surface area contributed by atoms with E-state index in [2.05, 4.69) is 173 Å². The zero-order chi connectivity index (χ0) is 29.0. The molecule has 0 radical (unpaired) electrons. The molecular formula is C41H27N3. The number of fused-ring (bicyclic) bond motifs is 7. The molecule has 3 heteroatoms. The summed E-state index contributed by atoms with van der Waals surface area (Å²) >= 11 is 0. The quantitative estimate of drug-likeness (QED) is 0.210. The van der Waals surface area contributed by atoms with Crippen molar-refractivity contribution in [3.05, 3.63) is 164 Å². The van der Waals surface area contributed by atoms with E-state index in [0.717, 1.165) is 33.9 Å². The topological polar surface area (TPSA) is 22.8 Å². The maximum absolute atomic E-state index is 5.18. The van der Waals surface area contributed by atoms with Crippen LogP contribution < -0.4 is 0 Å². The van der Waals surface area contributed by atoms with Crippen LogP contribution in [0.3, 0.4) is 0 Å². The van der Waals surface area contributed by atoms with Crippen molar-refractivity contribution in [2.24, 2.45) is 0 Å². The molecule has 0 unspecified atom stereocenters. The third-order valence-electron chi connectivity index (χ3n) is 8.73. The summed E-state index contributed by atoms with van der Waals surface area (Å²) in [6.45, 7) is 0. The van der Waals surface area contributed by atoms with Crippen LogP contribution in [0.25, 0.3) is 77.4 Å². The number of pyridine rings is 1. The van der Waals surface area contributed by atoms with Crippen molar-refractivity contribution in [1.29, 1.82) is 0 Å². The van der Waals surface area contributed by atoms with Crippen LogP contribution in [0, 0.1) is 0 Å². The van der Waals surface area contributed by atoms with Gasteiger partial charge >= 0.3 is 0 Å². The number of hydrogen-bond acceptors (Lipinski definition) is 1. The third kappa shape index (κ3) is 3.80. The van der Waals surface area contributed by atoms with Gasteiger partial charge in [-0.3, -0.25) is 0 Å². The van der Waals surface area contributed by atoms with E-state index >= 15 is 0 Å². The van der Waals surface area contributed by atoms with Crippen LogP contribution in [0.5, 0.6) is 0 Å². The average molecular weight is 562 g/mol. The summed E-state index contributed by atoms with van der Waals surface area (Å²) in [5.74, 6) is 0. The molecule has 9 rings (SSSR count). The van der Waals surface area contributed by atoms with Gasteiger partial charge < -0.3 is 9.13 Å². The van der Waals surface area contributed by atoms with Crippen molar-refractivity contribution >= 4 is 43.5 Å². The van der Waals surface area contributed by atoms with Crippen molar-refractivity contribution in [1.82, 2.24) is 14.1 Å². The molecular weight excluding hydrogens is 534 g/mol. The lowest BCUT2D eigenvalue weighted by Gasteiger charge is -2.15. The second kappa shape index (κ2) is 9.82. The van der Waals surface area contributed by atoms with Crippen LogP contribution in [0.1, 0.15) is 0 Å². The summed E-state index contributed by atoms with van der Waals surface area (Å²) in [5.41, 5.74) is 9.93. The lowest BCUT2D eigenvalue weighted by Crippen LogP contribution is -1.99. The van der Waals surface area contributed by atoms with Gasteiger partial charge in [0.2, 0.25) is 0 Å². The molecule has 0 aliphatic heterocycles. The van der Waals surface area contributed by atoms with E-state index in [-0.39, 0.29) is 0 Å². The molecule has 206 valence electrons. The Morgan fingerprint density at radius 2 is 1.05 bits per heavy atom. The number of benzene rings is 6. The smallest absolute Gasteiger partial charge is 0.0730 e. The van der Waals surface area contributed by atoms with E-state index in [0.29, 0.717) is 0 Å². The van der Waals surface area contributed by atoms with E-state index < -0.39 is 0 Å². The van der Waals surface area contributed by atoms with Crippen LogP contribution in [0.4, 0.5) is 0 Å². The Kier molecular flexibility index (Phi) is 5.50. The molecule has 0 amide bonds. The monoisotopic (exact) mass is 561 g/mol. The molecule has 44 heavy (non-hydrogen) atoms. The molecule has 0 saturated carbocycles. The van der Waals surface area contributed by atoms with Gasteiger partial charge in [-0.25, -0.2) is 4.98 Å². The summed E-state index contributed by atoms with van der Waals surface area (Å²) in [4.78, 5) is 5.18. The fraction of sp³-hybridized carbons (Fsp3) is 0. The fourth-order valence-electron chi connectivity index (χ4n) is 6.73. The second-order valence-electron chi connectivity index (χ2n) is 11.3. The molecule has 0 atom stereocenters. The van der Waals surface area contributed by atoms with Gasteiger partial charge in [-0.1, -0.05) is 115 Å². The van der Waals surface area contributed by atoms with Gasteiger partial charge in [-0.05, 0) is 47.9 Å². The molecule has 0 saturated heterocycles.